The van der Waals surface area contributed by atoms with Crippen LogP contribution in [-0.2, 0) is 4.79 Å². The van der Waals surface area contributed by atoms with Gasteiger partial charge in [0.25, 0.3) is 0 Å². The minimum absolute atomic E-state index is 0.00190. The van der Waals surface area contributed by atoms with Crippen molar-refractivity contribution in [2.75, 3.05) is 6.61 Å². The van der Waals surface area contributed by atoms with Crippen molar-refractivity contribution in [3.63, 3.8) is 0 Å². The van der Waals surface area contributed by atoms with Crippen LogP contribution in [0.3, 0.4) is 0 Å². The number of hydrogen-bond acceptors (Lipinski definition) is 5. The van der Waals surface area contributed by atoms with Crippen molar-refractivity contribution < 1.29 is 24.5 Å². The fourth-order valence-electron chi connectivity index (χ4n) is 0.882. The maximum Gasteiger partial charge on any atom is 0.138 e. The van der Waals surface area contributed by atoms with Crippen LogP contribution in [0.5, 0.6) is 5.75 Å². The number of hydrogen-bond donors (Lipinski definition) is 0. The first-order valence-corrected chi connectivity index (χ1v) is 4.22. The Balaban J connectivity index is 2.83. The summed E-state index contributed by atoms with van der Waals surface area (Å²) in [5, 5.41) is 20.5. The van der Waals surface area contributed by atoms with Crippen molar-refractivity contribution in [3.8, 4) is 5.75 Å². The molecule has 0 saturated carbocycles. The zero-order chi connectivity index (χ0) is 11.4. The minimum atomic E-state index is -1.39. The fourth-order valence-corrected chi connectivity index (χ4v) is 1.12. The molecule has 0 aromatic heterocycles. The molecule has 5 nitrogen and oxygen atoms in total. The van der Waals surface area contributed by atoms with Gasteiger partial charge in [-0.25, -0.2) is 0 Å². The maximum absolute atomic E-state index is 10.4. The lowest BCUT2D eigenvalue weighted by atomic mass is 10.2. The Morgan fingerprint density at radius 2 is 2.00 bits per heavy atom. The smallest absolute Gasteiger partial charge is 0.138 e. The molecule has 0 unspecified atom stereocenters. The molecule has 0 radical (unpaired) electrons. The number of rotatable bonds is 4. The summed E-state index contributed by atoms with van der Waals surface area (Å²) in [4.78, 5) is 20.5. The highest BCUT2D eigenvalue weighted by molar-refractivity contribution is 6.32. The third-order valence-corrected chi connectivity index (χ3v) is 1.81. The van der Waals surface area contributed by atoms with E-state index in [0.29, 0.717) is 0 Å². The Morgan fingerprint density at radius 3 is 2.47 bits per heavy atom. The van der Waals surface area contributed by atoms with E-state index in [-0.39, 0.29) is 16.3 Å². The van der Waals surface area contributed by atoms with Gasteiger partial charge in [0.2, 0.25) is 0 Å². The number of benzene rings is 1. The third-order valence-electron chi connectivity index (χ3n) is 1.51. The van der Waals surface area contributed by atoms with Gasteiger partial charge in [0.1, 0.15) is 12.4 Å². The largest absolute Gasteiger partial charge is 0.546 e. The number of halogens is 1. The summed E-state index contributed by atoms with van der Waals surface area (Å²) in [7, 11) is 0. The lowest BCUT2D eigenvalue weighted by Crippen LogP contribution is -2.29. The Morgan fingerprint density at radius 1 is 1.33 bits per heavy atom. The second kappa shape index (κ2) is 4.65. The topological polar surface area (TPSA) is 89.5 Å². The van der Waals surface area contributed by atoms with E-state index in [4.69, 9.17) is 16.3 Å². The van der Waals surface area contributed by atoms with Crippen LogP contribution >= 0.6 is 11.6 Å². The molecule has 0 fully saturated rings. The minimum Gasteiger partial charge on any atom is -0.546 e. The first kappa shape index (κ1) is 11.3. The molecular formula is C9H5ClO5-2. The SMILES string of the molecule is O=C([O-])COc1ccc(C(=O)[O-])cc1Cl. The standard InChI is InChI=1S/C9H7ClO5/c10-6-3-5(9(13)14)1-2-7(6)15-4-8(11)12/h1-3H,4H2,(H,11,12)(H,13,14)/p-2. The van der Waals surface area contributed by atoms with Crippen LogP contribution in [0.15, 0.2) is 18.2 Å². The number of carboxylic acids is 2. The van der Waals surface area contributed by atoms with E-state index in [2.05, 4.69) is 0 Å². The molecule has 0 aliphatic carbocycles. The number of aromatic carboxylic acids is 1. The highest BCUT2D eigenvalue weighted by Crippen LogP contribution is 2.25. The predicted octanol–water partition coefficient (Wildman–Crippen LogP) is -1.17. The summed E-state index contributed by atoms with van der Waals surface area (Å²) in [5.41, 5.74) is -0.110. The molecule has 0 amide bonds. The lowest BCUT2D eigenvalue weighted by Gasteiger charge is -2.10. The molecule has 0 aliphatic heterocycles. The average Bonchev–Trinajstić information content (AvgIpc) is 2.15. The van der Waals surface area contributed by atoms with Crippen molar-refractivity contribution in [2.45, 2.75) is 0 Å². The summed E-state index contributed by atoms with van der Waals surface area (Å²) in [6, 6.07) is 3.56. The van der Waals surface area contributed by atoms with Gasteiger partial charge < -0.3 is 24.5 Å². The van der Waals surface area contributed by atoms with Gasteiger partial charge in [-0.05, 0) is 23.8 Å². The molecule has 1 rings (SSSR count). The highest BCUT2D eigenvalue weighted by Gasteiger charge is 2.03. The van der Waals surface area contributed by atoms with E-state index in [1.165, 1.54) is 12.1 Å². The van der Waals surface area contributed by atoms with E-state index in [9.17, 15) is 19.8 Å². The Bertz CT molecular complexity index is 401. The third kappa shape index (κ3) is 3.14. The normalized spacial score (nSPS) is 9.67. The molecule has 0 spiro atoms. The van der Waals surface area contributed by atoms with Crippen molar-refractivity contribution in [2.24, 2.45) is 0 Å². The van der Waals surface area contributed by atoms with Crippen LogP contribution in [0.25, 0.3) is 0 Å². The first-order valence-electron chi connectivity index (χ1n) is 3.84. The molecule has 1 aromatic rings. The Kier molecular flexibility index (Phi) is 3.51. The Labute approximate surface area is 89.9 Å². The van der Waals surface area contributed by atoms with E-state index in [1.54, 1.807) is 0 Å². The number of ether oxygens (including phenoxy) is 1. The van der Waals surface area contributed by atoms with Crippen molar-refractivity contribution in [1.29, 1.82) is 0 Å². The van der Waals surface area contributed by atoms with Gasteiger partial charge in [0.15, 0.2) is 0 Å². The summed E-state index contributed by atoms with van der Waals surface area (Å²) < 4.78 is 4.73. The molecule has 0 atom stereocenters. The van der Waals surface area contributed by atoms with Crippen LogP contribution in [0.4, 0.5) is 0 Å². The molecular weight excluding hydrogens is 224 g/mol. The predicted molar refractivity (Wildman–Crippen MR) is 46.3 cm³/mol. The molecule has 0 aliphatic rings. The van der Waals surface area contributed by atoms with Crippen LogP contribution < -0.4 is 14.9 Å². The number of aliphatic carboxylic acids is 1. The van der Waals surface area contributed by atoms with Gasteiger partial charge in [0.05, 0.1) is 17.0 Å². The van der Waals surface area contributed by atoms with E-state index in [0.717, 1.165) is 6.07 Å². The zero-order valence-electron chi connectivity index (χ0n) is 7.36. The zero-order valence-corrected chi connectivity index (χ0v) is 8.11. The lowest BCUT2D eigenvalue weighted by molar-refractivity contribution is -0.307. The van der Waals surface area contributed by atoms with E-state index in [1.807, 2.05) is 0 Å². The fraction of sp³-hybridized carbons (Fsp3) is 0.111. The number of carbonyl (C=O) groups excluding carboxylic acids is 2. The average molecular weight is 229 g/mol. The molecule has 6 heteroatoms. The molecule has 0 saturated heterocycles. The van der Waals surface area contributed by atoms with Crippen molar-refractivity contribution in [1.82, 2.24) is 0 Å². The van der Waals surface area contributed by atoms with E-state index >= 15 is 0 Å². The monoisotopic (exact) mass is 228 g/mol. The molecule has 0 N–H and O–H groups in total. The summed E-state index contributed by atoms with van der Waals surface area (Å²) in [6.07, 6.45) is 0. The highest BCUT2D eigenvalue weighted by atomic mass is 35.5. The van der Waals surface area contributed by atoms with Crippen LogP contribution in [-0.4, -0.2) is 18.5 Å². The second-order valence-corrected chi connectivity index (χ2v) is 3.00. The van der Waals surface area contributed by atoms with Crippen molar-refractivity contribution in [3.05, 3.63) is 28.8 Å². The molecule has 0 bridgehead atoms. The van der Waals surface area contributed by atoms with Gasteiger partial charge in [-0.1, -0.05) is 11.6 Å². The van der Waals surface area contributed by atoms with Gasteiger partial charge >= 0.3 is 0 Å². The quantitative estimate of drug-likeness (QED) is 0.648. The van der Waals surface area contributed by atoms with Crippen LogP contribution in [0.1, 0.15) is 10.4 Å². The number of carbonyl (C=O) groups is 2. The van der Waals surface area contributed by atoms with Crippen molar-refractivity contribution >= 4 is 23.5 Å². The first-order chi connectivity index (χ1) is 7.00. The van der Waals surface area contributed by atoms with Crippen LogP contribution in [0, 0.1) is 0 Å². The van der Waals surface area contributed by atoms with Gasteiger partial charge in [-0.3, -0.25) is 0 Å². The number of carboxylic acid groups (broad SMARTS) is 2. The van der Waals surface area contributed by atoms with Gasteiger partial charge in [-0.15, -0.1) is 0 Å². The molecule has 1 aromatic carbocycles. The maximum atomic E-state index is 10.4. The molecule has 0 heterocycles. The summed E-state index contributed by atoms with van der Waals surface area (Å²) in [6.45, 7) is -0.648. The molecule has 15 heavy (non-hydrogen) atoms. The Hall–Kier alpha value is -1.75. The van der Waals surface area contributed by atoms with Crippen LogP contribution in [0.2, 0.25) is 5.02 Å². The van der Waals surface area contributed by atoms with Gasteiger partial charge in [-0.2, -0.15) is 0 Å². The van der Waals surface area contributed by atoms with Gasteiger partial charge in [0, 0.05) is 0 Å². The summed E-state index contributed by atoms with van der Waals surface area (Å²) in [5.74, 6) is -2.69. The summed E-state index contributed by atoms with van der Waals surface area (Å²) >= 11 is 5.63. The second-order valence-electron chi connectivity index (χ2n) is 2.59. The van der Waals surface area contributed by atoms with E-state index < -0.39 is 18.5 Å². The molecule has 80 valence electrons.